The maximum atomic E-state index is 13.3. The summed E-state index contributed by atoms with van der Waals surface area (Å²) in [5, 5.41) is 10.5. The number of sulfonamides is 1. The van der Waals surface area contributed by atoms with Gasteiger partial charge in [0.2, 0.25) is 10.0 Å². The molecule has 1 rings (SSSR count). The van der Waals surface area contributed by atoms with Crippen molar-refractivity contribution in [2.24, 2.45) is 0 Å². The third-order valence-corrected chi connectivity index (χ3v) is 3.27. The fourth-order valence-corrected chi connectivity index (χ4v) is 2.15. The fourth-order valence-electron chi connectivity index (χ4n) is 1.06. The number of nitro benzene ring substituents is 1. The molecule has 0 bridgehead atoms. The summed E-state index contributed by atoms with van der Waals surface area (Å²) in [7, 11) is -4.11. The van der Waals surface area contributed by atoms with E-state index < -0.39 is 31.3 Å². The van der Waals surface area contributed by atoms with E-state index in [1.807, 2.05) is 4.72 Å². The standard InChI is InChI=1S/C9H9FN2O4S/c1-2-5-11-17(15,16)9-6-7(12(13)14)3-4-8(9)10/h2-4,6,11H,1,5H2. The normalized spacial score (nSPS) is 11.1. The lowest BCUT2D eigenvalue weighted by atomic mass is 10.3. The maximum Gasteiger partial charge on any atom is 0.270 e. The zero-order valence-electron chi connectivity index (χ0n) is 8.59. The zero-order valence-corrected chi connectivity index (χ0v) is 9.41. The van der Waals surface area contributed by atoms with Gasteiger partial charge < -0.3 is 0 Å². The number of benzene rings is 1. The summed E-state index contributed by atoms with van der Waals surface area (Å²) in [4.78, 5) is 8.90. The van der Waals surface area contributed by atoms with Crippen molar-refractivity contribution < 1.29 is 17.7 Å². The number of non-ortho nitro benzene ring substituents is 1. The van der Waals surface area contributed by atoms with Gasteiger partial charge in [0.15, 0.2) is 0 Å². The van der Waals surface area contributed by atoms with Crippen molar-refractivity contribution in [3.05, 3.63) is 46.8 Å². The second-order valence-corrected chi connectivity index (χ2v) is 4.75. The number of rotatable bonds is 5. The number of nitrogens with zero attached hydrogens (tertiary/aromatic N) is 1. The quantitative estimate of drug-likeness (QED) is 0.489. The molecule has 0 heterocycles. The van der Waals surface area contributed by atoms with Crippen LogP contribution in [0.15, 0.2) is 35.7 Å². The lowest BCUT2D eigenvalue weighted by molar-refractivity contribution is -0.385. The van der Waals surface area contributed by atoms with Gasteiger partial charge >= 0.3 is 0 Å². The fraction of sp³-hybridized carbons (Fsp3) is 0.111. The molecule has 0 aliphatic rings. The Labute approximate surface area is 97.0 Å². The average molecular weight is 260 g/mol. The highest BCUT2D eigenvalue weighted by atomic mass is 32.2. The van der Waals surface area contributed by atoms with Gasteiger partial charge in [-0.2, -0.15) is 0 Å². The Morgan fingerprint density at radius 3 is 2.71 bits per heavy atom. The Bertz CT molecular complexity index is 556. The van der Waals surface area contributed by atoms with Crippen molar-refractivity contribution in [3.63, 3.8) is 0 Å². The molecule has 0 saturated heterocycles. The highest BCUT2D eigenvalue weighted by Crippen LogP contribution is 2.20. The summed E-state index contributed by atoms with van der Waals surface area (Å²) in [5.41, 5.74) is -0.495. The Morgan fingerprint density at radius 2 is 2.18 bits per heavy atom. The summed E-state index contributed by atoms with van der Waals surface area (Å²) in [6, 6.07) is 2.29. The molecule has 1 aromatic rings. The molecule has 0 unspecified atom stereocenters. The summed E-state index contributed by atoms with van der Waals surface area (Å²) in [6.45, 7) is 3.20. The predicted molar refractivity (Wildman–Crippen MR) is 58.4 cm³/mol. The molecule has 0 fully saturated rings. The van der Waals surface area contributed by atoms with Crippen molar-refractivity contribution in [1.82, 2.24) is 4.72 Å². The van der Waals surface area contributed by atoms with Crippen molar-refractivity contribution in [2.45, 2.75) is 4.90 Å². The molecule has 0 atom stereocenters. The number of nitrogens with one attached hydrogen (secondary N) is 1. The average Bonchev–Trinajstić information content (AvgIpc) is 2.26. The molecule has 6 nitrogen and oxygen atoms in total. The molecule has 92 valence electrons. The van der Waals surface area contributed by atoms with Crippen molar-refractivity contribution in [3.8, 4) is 0 Å². The molecule has 0 aromatic heterocycles. The lowest BCUT2D eigenvalue weighted by Gasteiger charge is -2.05. The first kappa shape index (κ1) is 13.3. The molecule has 0 radical (unpaired) electrons. The van der Waals surface area contributed by atoms with Crippen LogP contribution in [0.4, 0.5) is 10.1 Å². The molecular formula is C9H9FN2O4S. The maximum absolute atomic E-state index is 13.3. The lowest BCUT2D eigenvalue weighted by Crippen LogP contribution is -2.24. The minimum Gasteiger partial charge on any atom is -0.258 e. The van der Waals surface area contributed by atoms with E-state index in [0.717, 1.165) is 12.1 Å². The molecule has 1 N–H and O–H groups in total. The van der Waals surface area contributed by atoms with E-state index in [1.54, 1.807) is 0 Å². The van der Waals surface area contributed by atoms with E-state index >= 15 is 0 Å². The third kappa shape index (κ3) is 3.08. The van der Waals surface area contributed by atoms with Gasteiger partial charge in [-0.3, -0.25) is 10.1 Å². The summed E-state index contributed by atoms with van der Waals surface area (Å²) in [6.07, 6.45) is 1.27. The van der Waals surface area contributed by atoms with Gasteiger partial charge in [0.1, 0.15) is 10.7 Å². The topological polar surface area (TPSA) is 89.3 Å². The van der Waals surface area contributed by atoms with Gasteiger partial charge in [-0.05, 0) is 6.07 Å². The van der Waals surface area contributed by atoms with Crippen LogP contribution in [0.3, 0.4) is 0 Å². The first-order valence-corrected chi connectivity index (χ1v) is 5.91. The van der Waals surface area contributed by atoms with E-state index in [4.69, 9.17) is 0 Å². The van der Waals surface area contributed by atoms with Crippen molar-refractivity contribution in [1.29, 1.82) is 0 Å². The van der Waals surface area contributed by atoms with Crippen LogP contribution in [0.2, 0.25) is 0 Å². The van der Waals surface area contributed by atoms with Crippen LogP contribution in [-0.4, -0.2) is 19.9 Å². The van der Waals surface area contributed by atoms with E-state index in [2.05, 4.69) is 6.58 Å². The second-order valence-electron chi connectivity index (χ2n) is 3.01. The van der Waals surface area contributed by atoms with Crippen LogP contribution in [0, 0.1) is 15.9 Å². The molecule has 0 aliphatic carbocycles. The molecule has 0 spiro atoms. The Balaban J connectivity index is 3.25. The third-order valence-electron chi connectivity index (χ3n) is 1.83. The molecular weight excluding hydrogens is 251 g/mol. The van der Waals surface area contributed by atoms with Crippen molar-refractivity contribution in [2.75, 3.05) is 6.54 Å². The number of nitro groups is 1. The predicted octanol–water partition coefficient (Wildman–Crippen LogP) is 1.20. The SMILES string of the molecule is C=CCNS(=O)(=O)c1cc([N+](=O)[O-])ccc1F. The highest BCUT2D eigenvalue weighted by molar-refractivity contribution is 7.89. The minimum atomic E-state index is -4.11. The van der Waals surface area contributed by atoms with Gasteiger partial charge in [-0.15, -0.1) is 6.58 Å². The van der Waals surface area contributed by atoms with Crippen LogP contribution in [0.5, 0.6) is 0 Å². The van der Waals surface area contributed by atoms with E-state index in [1.165, 1.54) is 6.08 Å². The van der Waals surface area contributed by atoms with Crippen LogP contribution in [-0.2, 0) is 10.0 Å². The van der Waals surface area contributed by atoms with Crippen LogP contribution < -0.4 is 4.72 Å². The molecule has 1 aromatic carbocycles. The summed E-state index contributed by atoms with van der Waals surface area (Å²) in [5.74, 6) is -1.05. The van der Waals surface area contributed by atoms with Crippen LogP contribution in [0.1, 0.15) is 0 Å². The molecule has 17 heavy (non-hydrogen) atoms. The van der Waals surface area contributed by atoms with E-state index in [0.29, 0.717) is 6.07 Å². The Morgan fingerprint density at radius 1 is 1.53 bits per heavy atom. The van der Waals surface area contributed by atoms with Crippen LogP contribution in [0.25, 0.3) is 0 Å². The summed E-state index contributed by atoms with van der Waals surface area (Å²) >= 11 is 0. The molecule has 0 aliphatic heterocycles. The first-order valence-electron chi connectivity index (χ1n) is 4.43. The van der Waals surface area contributed by atoms with Gasteiger partial charge in [-0.1, -0.05) is 6.08 Å². The van der Waals surface area contributed by atoms with Gasteiger partial charge in [0.25, 0.3) is 5.69 Å². The Hall–Kier alpha value is -1.80. The highest BCUT2D eigenvalue weighted by Gasteiger charge is 2.21. The van der Waals surface area contributed by atoms with Crippen LogP contribution >= 0.6 is 0 Å². The monoisotopic (exact) mass is 260 g/mol. The molecule has 8 heteroatoms. The largest absolute Gasteiger partial charge is 0.270 e. The second kappa shape index (κ2) is 5.02. The zero-order chi connectivity index (χ0) is 13.1. The van der Waals surface area contributed by atoms with Gasteiger partial charge in [0.05, 0.1) is 4.92 Å². The minimum absolute atomic E-state index is 0.0928. The number of halogens is 1. The smallest absolute Gasteiger partial charge is 0.258 e. The molecule has 0 saturated carbocycles. The number of hydrogen-bond acceptors (Lipinski definition) is 4. The van der Waals surface area contributed by atoms with E-state index in [9.17, 15) is 22.9 Å². The number of hydrogen-bond donors (Lipinski definition) is 1. The van der Waals surface area contributed by atoms with Gasteiger partial charge in [0, 0.05) is 18.7 Å². The van der Waals surface area contributed by atoms with E-state index in [-0.39, 0.29) is 6.54 Å². The van der Waals surface area contributed by atoms with Crippen molar-refractivity contribution >= 4 is 15.7 Å². The first-order chi connectivity index (χ1) is 7.88. The Kier molecular flexibility index (Phi) is 3.92. The van der Waals surface area contributed by atoms with Gasteiger partial charge in [-0.25, -0.2) is 17.5 Å². The summed E-state index contributed by atoms with van der Waals surface area (Å²) < 4.78 is 38.4. The molecule has 0 amide bonds.